The maximum absolute atomic E-state index is 12.9. The molecule has 0 fully saturated rings. The van der Waals surface area contributed by atoms with Crippen LogP contribution >= 0.6 is 0 Å². The molecule has 0 saturated heterocycles. The lowest BCUT2D eigenvalue weighted by Gasteiger charge is -2.25. The number of carbonyl (C=O) groups is 3. The van der Waals surface area contributed by atoms with Gasteiger partial charge in [0.2, 0.25) is 0 Å². The van der Waals surface area contributed by atoms with E-state index in [4.69, 9.17) is 18.9 Å². The van der Waals surface area contributed by atoms with Gasteiger partial charge in [0.05, 0.1) is 34.4 Å². The smallest absolute Gasteiger partial charge is 0.361 e. The molecule has 77 heavy (non-hydrogen) atoms. The number of nitrogens with zero attached hydrogens (tertiary/aromatic N) is 1. The lowest BCUT2D eigenvalue weighted by atomic mass is 10.1. The molecule has 0 aromatic heterocycles. The number of esters is 2. The summed E-state index contributed by atoms with van der Waals surface area (Å²) in [4.78, 5) is 37.4. The fraction of sp³-hybridized carbons (Fsp3) is 0.515. The number of carbonyl (C=O) groups excluding carboxylic acids is 2. The minimum absolute atomic E-state index is 0.160. The van der Waals surface area contributed by atoms with Crippen LogP contribution in [-0.4, -0.2) is 87.4 Å². The second kappa shape index (κ2) is 56.6. The van der Waals surface area contributed by atoms with Crippen molar-refractivity contribution in [1.82, 2.24) is 0 Å². The van der Waals surface area contributed by atoms with Crippen LogP contribution in [-0.2, 0) is 33.3 Å². The molecule has 0 aliphatic heterocycles. The van der Waals surface area contributed by atoms with Gasteiger partial charge in [0.1, 0.15) is 13.2 Å². The molecule has 0 amide bonds. The SMILES string of the molecule is CC/C=C\C/C=C\C/C=C\C/C=C\C/C=C\C/C=C\C/C=C\C/C=C\C/C=C\CCCC(=O)OC(COC(=O)CCCCCC/C=C\C/C=C\C/C=C\C/C=C\C/C=C\C/C=C\CC)COC(OCC[N+](C)(C)C)C(=O)O. The number of quaternary nitrogens is 1. The summed E-state index contributed by atoms with van der Waals surface area (Å²) in [5.74, 6) is -2.15. The van der Waals surface area contributed by atoms with Crippen molar-refractivity contribution in [2.45, 2.75) is 180 Å². The number of unbranched alkanes of at least 4 members (excludes halogenated alkanes) is 5. The predicted molar refractivity (Wildman–Crippen MR) is 326 cm³/mol. The summed E-state index contributed by atoms with van der Waals surface area (Å²) in [7, 11) is 5.92. The van der Waals surface area contributed by atoms with Gasteiger partial charge >= 0.3 is 17.9 Å². The van der Waals surface area contributed by atoms with E-state index >= 15 is 0 Å². The highest BCUT2D eigenvalue weighted by atomic mass is 16.7. The molecule has 0 aromatic carbocycles. The summed E-state index contributed by atoms with van der Waals surface area (Å²) < 4.78 is 22.7. The van der Waals surface area contributed by atoms with Crippen LogP contribution in [0.1, 0.15) is 168 Å². The fourth-order valence-electron chi connectivity index (χ4n) is 6.78. The van der Waals surface area contributed by atoms with Crippen LogP contribution in [0.25, 0.3) is 0 Å². The van der Waals surface area contributed by atoms with Gasteiger partial charge in [-0.3, -0.25) is 9.59 Å². The molecule has 9 heteroatoms. The highest BCUT2D eigenvalue weighted by Gasteiger charge is 2.25. The molecule has 0 saturated carbocycles. The van der Waals surface area contributed by atoms with Gasteiger partial charge < -0.3 is 28.5 Å². The monoisotopic (exact) mass is 1060 g/mol. The van der Waals surface area contributed by atoms with E-state index in [0.717, 1.165) is 122 Å². The minimum Gasteiger partial charge on any atom is -0.477 e. The van der Waals surface area contributed by atoms with E-state index in [1.165, 1.54) is 0 Å². The van der Waals surface area contributed by atoms with Crippen LogP contribution < -0.4 is 0 Å². The normalized spacial score (nSPS) is 14.1. The summed E-state index contributed by atoms with van der Waals surface area (Å²) in [6.45, 7) is 4.51. The van der Waals surface area contributed by atoms with Gasteiger partial charge in [0, 0.05) is 12.8 Å². The molecule has 0 spiro atoms. The minimum atomic E-state index is -1.55. The van der Waals surface area contributed by atoms with E-state index in [-0.39, 0.29) is 32.7 Å². The Hall–Kier alpha value is -5.61. The van der Waals surface area contributed by atoms with Gasteiger partial charge in [-0.15, -0.1) is 0 Å². The number of aliphatic carboxylic acids is 1. The molecule has 1 N–H and O–H groups in total. The summed E-state index contributed by atoms with van der Waals surface area (Å²) in [5.41, 5.74) is 0. The second-order valence-electron chi connectivity index (χ2n) is 19.5. The Morgan fingerprint density at radius 3 is 1.06 bits per heavy atom. The molecule has 0 aromatic rings. The first-order valence-corrected chi connectivity index (χ1v) is 28.9. The molecular formula is C68H104NO8+. The molecule has 0 rings (SSSR count). The van der Waals surface area contributed by atoms with E-state index in [2.05, 4.69) is 190 Å². The van der Waals surface area contributed by atoms with Crippen molar-refractivity contribution in [1.29, 1.82) is 0 Å². The van der Waals surface area contributed by atoms with Crippen molar-refractivity contribution in [3.05, 3.63) is 182 Å². The summed E-state index contributed by atoms with van der Waals surface area (Å²) in [5, 5.41) is 9.70. The Bertz CT molecular complexity index is 1910. The average molecular weight is 1060 g/mol. The summed E-state index contributed by atoms with van der Waals surface area (Å²) >= 11 is 0. The molecule has 9 nitrogen and oxygen atoms in total. The van der Waals surface area contributed by atoms with Gasteiger partial charge in [-0.25, -0.2) is 4.79 Å². The zero-order valence-electron chi connectivity index (χ0n) is 48.5. The van der Waals surface area contributed by atoms with Gasteiger partial charge in [-0.2, -0.15) is 0 Å². The molecule has 2 unspecified atom stereocenters. The Morgan fingerprint density at radius 1 is 0.390 bits per heavy atom. The lowest BCUT2D eigenvalue weighted by Crippen LogP contribution is -2.40. The summed E-state index contributed by atoms with van der Waals surface area (Å²) in [6, 6.07) is 0. The van der Waals surface area contributed by atoms with Crippen LogP contribution in [0.15, 0.2) is 182 Å². The quantitative estimate of drug-likeness (QED) is 0.0211. The number of carboxylic acids is 1. The number of rotatable bonds is 50. The maximum Gasteiger partial charge on any atom is 0.361 e. The van der Waals surface area contributed by atoms with Gasteiger partial charge in [0.15, 0.2) is 6.10 Å². The predicted octanol–water partition coefficient (Wildman–Crippen LogP) is 17.3. The first-order chi connectivity index (χ1) is 37.6. The van der Waals surface area contributed by atoms with Crippen molar-refractivity contribution in [2.75, 3.05) is 47.5 Å². The average Bonchev–Trinajstić information content (AvgIpc) is 3.40. The number of allylic oxidation sites excluding steroid dienone is 30. The Kier molecular flexibility index (Phi) is 52.5. The first-order valence-electron chi connectivity index (χ1n) is 28.9. The van der Waals surface area contributed by atoms with E-state index < -0.39 is 30.3 Å². The molecule has 0 heterocycles. The van der Waals surface area contributed by atoms with Crippen LogP contribution in [0.5, 0.6) is 0 Å². The van der Waals surface area contributed by atoms with Crippen molar-refractivity contribution in [2.24, 2.45) is 0 Å². The number of hydrogen-bond donors (Lipinski definition) is 1. The third kappa shape index (κ3) is 57.9. The molecule has 0 radical (unpaired) electrons. The third-order valence-corrected chi connectivity index (χ3v) is 11.2. The lowest BCUT2D eigenvalue weighted by molar-refractivity contribution is -0.870. The highest BCUT2D eigenvalue weighted by Crippen LogP contribution is 2.11. The second-order valence-corrected chi connectivity index (χ2v) is 19.5. The van der Waals surface area contributed by atoms with Gasteiger partial charge in [0.25, 0.3) is 6.29 Å². The Morgan fingerprint density at radius 2 is 0.714 bits per heavy atom. The highest BCUT2D eigenvalue weighted by molar-refractivity contribution is 5.71. The number of carboxylic acid groups (broad SMARTS) is 1. The molecule has 0 aliphatic carbocycles. The number of hydrogen-bond acceptors (Lipinski definition) is 7. The largest absolute Gasteiger partial charge is 0.477 e. The van der Waals surface area contributed by atoms with Crippen LogP contribution in [0.4, 0.5) is 0 Å². The standard InChI is InChI=1S/C68H103NO8/c1-6-8-10-12-14-16-18-20-22-24-26-28-30-31-32-33-34-35-37-39-41-43-45-47-49-51-53-55-57-59-66(71)77-64(63-76-68(67(72)73)74-61-60-69(3,4)5)62-75-65(70)58-56-54-52-50-48-46-44-42-40-38-36-29-27-25-23-21-19-17-15-13-11-9-7-2/h8-11,14-17,20-23,26-29,31-32,34-35,38-41,44-47,51,53,64,68H,6-7,12-13,18-19,24-25,30,33,36-37,42-43,48-50,52,54-63H2,1-5H3/p+1/b10-8-,11-9-,16-14-,17-15-,22-20-,23-21-,28-26-,29-27-,32-31-,35-34-,40-38-,41-39-,46-44-,47-45-,53-51-. The molecule has 0 bridgehead atoms. The zero-order chi connectivity index (χ0) is 56.2. The molecular weight excluding hydrogens is 959 g/mol. The van der Waals surface area contributed by atoms with Gasteiger partial charge in [-0.05, 0) is 128 Å². The van der Waals surface area contributed by atoms with E-state index in [1.54, 1.807) is 0 Å². The van der Waals surface area contributed by atoms with Gasteiger partial charge in [-0.1, -0.05) is 209 Å². The maximum atomic E-state index is 12.9. The van der Waals surface area contributed by atoms with Crippen LogP contribution in [0.2, 0.25) is 0 Å². The molecule has 428 valence electrons. The third-order valence-electron chi connectivity index (χ3n) is 11.2. The van der Waals surface area contributed by atoms with Crippen molar-refractivity contribution >= 4 is 17.9 Å². The Balaban J connectivity index is 4.49. The van der Waals surface area contributed by atoms with Crippen molar-refractivity contribution in [3.63, 3.8) is 0 Å². The van der Waals surface area contributed by atoms with E-state index in [1.807, 2.05) is 27.2 Å². The van der Waals surface area contributed by atoms with Crippen molar-refractivity contribution in [3.8, 4) is 0 Å². The summed E-state index contributed by atoms with van der Waals surface area (Å²) in [6.07, 6.45) is 84.0. The molecule has 2 atom stereocenters. The van der Waals surface area contributed by atoms with Crippen LogP contribution in [0.3, 0.4) is 0 Å². The van der Waals surface area contributed by atoms with Crippen molar-refractivity contribution < 1.29 is 42.9 Å². The first kappa shape index (κ1) is 71.4. The number of ether oxygens (including phenoxy) is 4. The van der Waals surface area contributed by atoms with E-state index in [9.17, 15) is 19.5 Å². The zero-order valence-corrected chi connectivity index (χ0v) is 48.5. The Labute approximate surface area is 469 Å². The number of likely N-dealkylation sites (N-methyl/N-ethyl adjacent to an activating group) is 1. The molecule has 0 aliphatic rings. The van der Waals surface area contributed by atoms with Crippen LogP contribution in [0, 0.1) is 0 Å². The fourth-order valence-corrected chi connectivity index (χ4v) is 6.78. The topological polar surface area (TPSA) is 108 Å². The van der Waals surface area contributed by atoms with E-state index in [0.29, 0.717) is 30.3 Å².